The number of halogens is 2. The number of alkyl halides is 2. The standard InChI is InChI=1S/C7H3O3.C3H3I2NO.U/c1-4-6-2-5(10-4)3-9-7(6)8;4-2(1-7)3-5-6-3;/h2H,1H2;2-3,6H;/q-1;-2;+2. The second-order valence-electron chi connectivity index (χ2n) is 3.08. The van der Waals surface area contributed by atoms with E-state index in [2.05, 4.69) is 43.4 Å². The normalized spacial score (nSPS) is 18.8. The van der Waals surface area contributed by atoms with Gasteiger partial charge in [-0.25, -0.2) is 0 Å². The fourth-order valence-electron chi connectivity index (χ4n) is 1.01. The van der Waals surface area contributed by atoms with E-state index in [0.717, 1.165) is 0 Å². The summed E-state index contributed by atoms with van der Waals surface area (Å²) in [7, 11) is 0. The van der Waals surface area contributed by atoms with Crippen LogP contribution in [0.4, 0.5) is 0 Å². The van der Waals surface area contributed by atoms with Crippen molar-refractivity contribution in [2.75, 3.05) is 0 Å². The number of fused-ring (bicyclic) bond motifs is 2. The molecule has 3 heterocycles. The van der Waals surface area contributed by atoms with E-state index in [1.54, 1.807) is 6.07 Å². The molecule has 0 aliphatic carbocycles. The molecule has 1 fully saturated rings. The summed E-state index contributed by atoms with van der Waals surface area (Å²) in [4.78, 5) is 20.6. The van der Waals surface area contributed by atoms with Crippen molar-refractivity contribution in [1.82, 2.24) is 3.53 Å². The predicted octanol–water partition coefficient (Wildman–Crippen LogP) is -2.85. The van der Waals surface area contributed by atoms with E-state index >= 15 is 0 Å². The molecule has 2 atom stereocenters. The van der Waals surface area contributed by atoms with Crippen molar-refractivity contribution in [1.29, 1.82) is 0 Å². The van der Waals surface area contributed by atoms with Crippen molar-refractivity contribution in [3.63, 3.8) is 0 Å². The number of rotatable bonds is 2. The van der Waals surface area contributed by atoms with Gasteiger partial charge in [0, 0.05) is 6.26 Å². The summed E-state index contributed by atoms with van der Waals surface area (Å²) >= 11 is 2.31. The van der Waals surface area contributed by atoms with Crippen LogP contribution in [0.15, 0.2) is 19.7 Å². The molecule has 1 saturated heterocycles. The average molecular weight is 696 g/mol. The van der Waals surface area contributed by atoms with E-state index in [4.69, 9.17) is 4.42 Å². The van der Waals surface area contributed by atoms with Crippen molar-refractivity contribution in [3.8, 4) is 0 Å². The molecular weight excluding hydrogens is 690 g/mol. The number of hydrogen-bond acceptors (Lipinski definition) is 5. The van der Waals surface area contributed by atoms with Crippen LogP contribution in [0.5, 0.6) is 0 Å². The Labute approximate surface area is 150 Å². The van der Waals surface area contributed by atoms with Crippen LogP contribution < -0.4 is 36.1 Å². The van der Waals surface area contributed by atoms with Gasteiger partial charge in [0.1, 0.15) is 5.42 Å². The number of hydrogen-bond donors (Lipinski definition) is 1. The smallest absolute Gasteiger partial charge is 2.00 e. The summed E-state index contributed by atoms with van der Waals surface area (Å²) in [6.45, 7) is 3.50. The van der Waals surface area contributed by atoms with Crippen molar-refractivity contribution in [3.05, 3.63) is 28.2 Å². The van der Waals surface area contributed by atoms with Crippen molar-refractivity contribution >= 4 is 46.4 Å². The Kier molecular flexibility index (Phi) is 6.88. The van der Waals surface area contributed by atoms with E-state index in [-0.39, 0.29) is 56.5 Å². The maximum atomic E-state index is 10.8. The summed E-state index contributed by atoms with van der Waals surface area (Å²) in [6.07, 6.45) is 4.23. The molecule has 18 heavy (non-hydrogen) atoms. The van der Waals surface area contributed by atoms with E-state index in [1.165, 1.54) is 0 Å². The van der Waals surface area contributed by atoms with Gasteiger partial charge < -0.3 is 13.6 Å². The Balaban J connectivity index is 0.000000181. The van der Waals surface area contributed by atoms with Crippen molar-refractivity contribution in [2.45, 2.75) is 7.97 Å². The Morgan fingerprint density at radius 2 is 2.33 bits per heavy atom. The molecule has 0 radical (unpaired) electrons. The summed E-state index contributed by atoms with van der Waals surface area (Å²) in [5.41, 5.74) is 0.302. The van der Waals surface area contributed by atoms with E-state index in [9.17, 15) is 9.59 Å². The molecule has 3 rings (SSSR count). The van der Waals surface area contributed by atoms with Crippen molar-refractivity contribution < 1.29 is 66.2 Å². The Bertz CT molecular complexity index is 608. The van der Waals surface area contributed by atoms with Gasteiger partial charge in [-0.2, -0.15) is 0 Å². The van der Waals surface area contributed by atoms with Gasteiger partial charge in [0.05, 0.1) is 5.58 Å². The molecule has 0 saturated carbocycles. The first-order valence-electron chi connectivity index (χ1n) is 4.44. The molecule has 2 aromatic rings. The maximum Gasteiger partial charge on any atom is 2.00 e. The Hall–Kier alpha value is 0.632. The molecule has 1 aliphatic heterocycles. The molecule has 2 aromatic heterocycles. The van der Waals surface area contributed by atoms with E-state index in [1.807, 2.05) is 6.29 Å². The number of nitrogens with one attached hydrogen (secondary N) is 1. The molecule has 94 valence electrons. The van der Waals surface area contributed by atoms with Crippen LogP contribution in [-0.2, 0) is 4.79 Å². The Morgan fingerprint density at radius 1 is 1.67 bits per heavy atom. The third-order valence-electron chi connectivity index (χ3n) is 1.88. The Morgan fingerprint density at radius 3 is 2.78 bits per heavy atom. The summed E-state index contributed by atoms with van der Waals surface area (Å²) < 4.78 is 13.2. The minimum atomic E-state index is -0.453. The molecule has 5 nitrogen and oxygen atoms in total. The summed E-state index contributed by atoms with van der Waals surface area (Å²) in [5, 5.41) is 0.383. The monoisotopic (exact) mass is 696 g/mol. The van der Waals surface area contributed by atoms with Crippen LogP contribution in [0.25, 0.3) is 17.5 Å². The van der Waals surface area contributed by atoms with Crippen molar-refractivity contribution in [2.24, 2.45) is 0 Å². The van der Waals surface area contributed by atoms with Gasteiger partial charge in [0.15, 0.2) is 0 Å². The number of carbonyl (C=O) groups excluding carboxylic acids is 1. The molecule has 1 aliphatic rings. The van der Waals surface area contributed by atoms with Gasteiger partial charge in [-0.3, -0.25) is 0 Å². The molecule has 0 aromatic carbocycles. The van der Waals surface area contributed by atoms with Gasteiger partial charge in [0.25, 0.3) is 0 Å². The third kappa shape index (κ3) is 4.33. The van der Waals surface area contributed by atoms with Crippen LogP contribution in [-0.4, -0.2) is 14.3 Å². The second kappa shape index (κ2) is 7.42. The first-order valence-corrected chi connectivity index (χ1v) is 8.01. The minimum absolute atomic E-state index is 0. The molecule has 8 heteroatoms. The van der Waals surface area contributed by atoms with Crippen LogP contribution >= 0.6 is 22.6 Å². The van der Waals surface area contributed by atoms with Gasteiger partial charge in [0.2, 0.25) is 5.63 Å². The van der Waals surface area contributed by atoms with Gasteiger partial charge in [-0.1, -0.05) is 6.58 Å². The van der Waals surface area contributed by atoms with E-state index < -0.39 is 5.63 Å². The third-order valence-corrected chi connectivity index (χ3v) is 6.29. The molecule has 1 N–H and O–H groups in total. The van der Waals surface area contributed by atoms with Crippen LogP contribution in [0, 0.1) is 37.4 Å². The second-order valence-corrected chi connectivity index (χ2v) is 7.01. The zero-order valence-corrected chi connectivity index (χ0v) is 17.3. The quantitative estimate of drug-likeness (QED) is 0.0915. The molecule has 2 unspecified atom stereocenters. The molecule has 2 bridgehead atoms. The molecule has 0 spiro atoms. The van der Waals surface area contributed by atoms with Gasteiger partial charge >= 0.3 is 97.8 Å². The fraction of sp³-hybridized carbons (Fsp3) is 0.200. The van der Waals surface area contributed by atoms with Crippen LogP contribution in [0.1, 0.15) is 0 Å². The minimum Gasteiger partial charge on any atom is 2.00 e. The molecular formula is C10H6I2NO4U-. The van der Waals surface area contributed by atoms with E-state index in [0.29, 0.717) is 20.4 Å². The fourth-order valence-corrected chi connectivity index (χ4v) is 3.82. The first kappa shape index (κ1) is 16.7. The molecule has 0 amide bonds. The SMILES string of the molecule is C=c1oc2[c-]oc(=O)c1c2.O=[C-]C(I)C1N[I-]1.[U+2]. The topological polar surface area (TPSA) is 82.4 Å². The van der Waals surface area contributed by atoms with Gasteiger partial charge in [-0.15, -0.1) is 6.07 Å². The average Bonchev–Trinajstić information content (AvgIpc) is 3.11. The zero-order valence-electron chi connectivity index (χ0n) is 8.83. The summed E-state index contributed by atoms with van der Waals surface area (Å²) in [5.74, 6) is 0. The maximum absolute atomic E-state index is 10.8. The summed E-state index contributed by atoms with van der Waals surface area (Å²) in [6, 6.07) is 1.55. The van der Waals surface area contributed by atoms with Crippen LogP contribution in [0.3, 0.4) is 0 Å². The first-order chi connectivity index (χ1) is 8.11. The zero-order chi connectivity index (χ0) is 12.4. The number of furan rings is 1. The van der Waals surface area contributed by atoms with Gasteiger partial charge in [-0.05, 0) is 5.39 Å². The largest absolute Gasteiger partial charge is 2.00 e. The van der Waals surface area contributed by atoms with Crippen LogP contribution in [0.2, 0.25) is 0 Å². The predicted molar refractivity (Wildman–Crippen MR) is 64.8 cm³/mol.